The van der Waals surface area contributed by atoms with Crippen LogP contribution in [0.2, 0.25) is 0 Å². The average molecular weight is 520 g/mol. The molecule has 10 nitrogen and oxygen atoms in total. The monoisotopic (exact) mass is 519 g/mol. The molecule has 10 heteroatoms. The third-order valence-corrected chi connectivity index (χ3v) is 5.95. The SMILES string of the molecule is CCOC(=O)CCNC(=O)C(c1ccc(O)cc1)N(C(=O)C(NC(=O)OC(C)(C)C)C(C)C)C1CC1C. The first-order valence-electron chi connectivity index (χ1n) is 12.8. The van der Waals surface area contributed by atoms with E-state index in [-0.39, 0.29) is 43.2 Å². The van der Waals surface area contributed by atoms with Gasteiger partial charge in [0.1, 0.15) is 23.4 Å². The lowest BCUT2D eigenvalue weighted by molar-refractivity contribution is -0.145. The summed E-state index contributed by atoms with van der Waals surface area (Å²) in [4.78, 5) is 53.4. The maximum Gasteiger partial charge on any atom is 0.408 e. The van der Waals surface area contributed by atoms with Gasteiger partial charge in [0.25, 0.3) is 0 Å². The van der Waals surface area contributed by atoms with Crippen molar-refractivity contribution in [2.45, 2.75) is 85.0 Å². The van der Waals surface area contributed by atoms with Crippen LogP contribution >= 0.6 is 0 Å². The lowest BCUT2D eigenvalue weighted by atomic mass is 9.98. The van der Waals surface area contributed by atoms with Gasteiger partial charge in [-0.15, -0.1) is 0 Å². The van der Waals surface area contributed by atoms with Gasteiger partial charge in [0.2, 0.25) is 11.8 Å². The van der Waals surface area contributed by atoms with E-state index >= 15 is 0 Å². The fraction of sp³-hybridized carbons (Fsp3) is 0.630. The number of nitrogens with one attached hydrogen (secondary N) is 2. The summed E-state index contributed by atoms with van der Waals surface area (Å²) in [6.45, 7) is 12.8. The van der Waals surface area contributed by atoms with E-state index in [1.807, 2.05) is 20.8 Å². The van der Waals surface area contributed by atoms with Crippen molar-refractivity contribution in [3.8, 4) is 5.75 Å². The van der Waals surface area contributed by atoms with E-state index in [1.165, 1.54) is 17.0 Å². The van der Waals surface area contributed by atoms with Crippen molar-refractivity contribution in [2.75, 3.05) is 13.2 Å². The van der Waals surface area contributed by atoms with Crippen LogP contribution in [-0.2, 0) is 23.9 Å². The quantitative estimate of drug-likeness (QED) is 0.382. The molecule has 0 aromatic heterocycles. The molecule has 0 radical (unpaired) electrons. The van der Waals surface area contributed by atoms with Crippen molar-refractivity contribution in [3.63, 3.8) is 0 Å². The summed E-state index contributed by atoms with van der Waals surface area (Å²) in [7, 11) is 0. The van der Waals surface area contributed by atoms with E-state index in [0.717, 1.165) is 0 Å². The number of esters is 1. The number of aromatic hydroxyl groups is 1. The zero-order chi connectivity index (χ0) is 27.9. The first-order valence-corrected chi connectivity index (χ1v) is 12.8. The Morgan fingerprint density at radius 1 is 1.14 bits per heavy atom. The van der Waals surface area contributed by atoms with Crippen molar-refractivity contribution in [1.29, 1.82) is 0 Å². The van der Waals surface area contributed by atoms with Gasteiger partial charge in [-0.25, -0.2) is 4.79 Å². The molecule has 1 aliphatic carbocycles. The van der Waals surface area contributed by atoms with Crippen LogP contribution in [-0.4, -0.2) is 64.7 Å². The van der Waals surface area contributed by atoms with Crippen molar-refractivity contribution >= 4 is 23.9 Å². The number of carbonyl (C=O) groups excluding carboxylic acids is 4. The number of ether oxygens (including phenoxy) is 2. The standard InChI is InChI=1S/C27H41N3O7/c1-8-36-21(32)13-14-28-24(33)23(18-9-11-19(31)12-10-18)30(20-15-17(20)4)25(34)22(16(2)3)29-26(35)37-27(5,6)7/h9-12,16-17,20,22-23,31H,8,13-15H2,1-7H3,(H,28,33)(H,29,35). The van der Waals surface area contributed by atoms with Crippen LogP contribution in [0.1, 0.15) is 72.9 Å². The maximum absolute atomic E-state index is 14.0. The molecule has 3 N–H and O–H groups in total. The van der Waals surface area contributed by atoms with Gasteiger partial charge in [0, 0.05) is 12.6 Å². The molecule has 0 heterocycles. The predicted molar refractivity (Wildman–Crippen MR) is 138 cm³/mol. The number of hydrogen-bond acceptors (Lipinski definition) is 7. The third kappa shape index (κ3) is 8.94. The molecule has 2 rings (SSSR count). The van der Waals surface area contributed by atoms with E-state index in [9.17, 15) is 24.3 Å². The van der Waals surface area contributed by atoms with Crippen molar-refractivity contribution in [1.82, 2.24) is 15.5 Å². The van der Waals surface area contributed by atoms with E-state index in [4.69, 9.17) is 9.47 Å². The summed E-state index contributed by atoms with van der Waals surface area (Å²) in [5, 5.41) is 15.2. The van der Waals surface area contributed by atoms with Crippen LogP contribution in [0.25, 0.3) is 0 Å². The van der Waals surface area contributed by atoms with Crippen LogP contribution in [0.15, 0.2) is 24.3 Å². The third-order valence-electron chi connectivity index (χ3n) is 5.95. The highest BCUT2D eigenvalue weighted by molar-refractivity contribution is 5.93. The van der Waals surface area contributed by atoms with Crippen molar-refractivity contribution < 1.29 is 33.8 Å². The van der Waals surface area contributed by atoms with Gasteiger partial charge in [-0.1, -0.05) is 32.9 Å². The second-order valence-electron chi connectivity index (χ2n) is 10.7. The molecule has 0 aliphatic heterocycles. The van der Waals surface area contributed by atoms with Gasteiger partial charge in [-0.2, -0.15) is 0 Å². The second-order valence-corrected chi connectivity index (χ2v) is 10.7. The minimum absolute atomic E-state index is 0.00945. The summed E-state index contributed by atoms with van der Waals surface area (Å²) in [5.74, 6) is -1.42. The number of hydrogen-bond donors (Lipinski definition) is 3. The number of nitrogens with zero attached hydrogens (tertiary/aromatic N) is 1. The van der Waals surface area contributed by atoms with Gasteiger partial charge in [0.05, 0.1) is 13.0 Å². The largest absolute Gasteiger partial charge is 0.508 e. The molecule has 0 saturated heterocycles. The fourth-order valence-electron chi connectivity index (χ4n) is 3.99. The normalized spacial score (nSPS) is 18.4. The summed E-state index contributed by atoms with van der Waals surface area (Å²) < 4.78 is 10.3. The summed E-state index contributed by atoms with van der Waals surface area (Å²) in [6, 6.07) is 3.89. The van der Waals surface area contributed by atoms with E-state index in [1.54, 1.807) is 39.8 Å². The minimum atomic E-state index is -1.04. The summed E-state index contributed by atoms with van der Waals surface area (Å²) >= 11 is 0. The first-order chi connectivity index (χ1) is 17.2. The highest BCUT2D eigenvalue weighted by Gasteiger charge is 2.48. The van der Waals surface area contributed by atoms with E-state index < -0.39 is 41.6 Å². The highest BCUT2D eigenvalue weighted by atomic mass is 16.6. The maximum atomic E-state index is 14.0. The number of phenols is 1. The molecule has 37 heavy (non-hydrogen) atoms. The molecule has 0 spiro atoms. The zero-order valence-corrected chi connectivity index (χ0v) is 22.9. The van der Waals surface area contributed by atoms with Gasteiger partial charge < -0.3 is 30.1 Å². The lowest BCUT2D eigenvalue weighted by Gasteiger charge is -2.36. The van der Waals surface area contributed by atoms with E-state index in [0.29, 0.717) is 12.0 Å². The fourth-order valence-corrected chi connectivity index (χ4v) is 3.99. The highest BCUT2D eigenvalue weighted by Crippen LogP contribution is 2.41. The number of carbonyl (C=O) groups is 4. The predicted octanol–water partition coefficient (Wildman–Crippen LogP) is 3.29. The van der Waals surface area contributed by atoms with Crippen molar-refractivity contribution in [2.24, 2.45) is 11.8 Å². The van der Waals surface area contributed by atoms with E-state index in [2.05, 4.69) is 10.6 Å². The minimum Gasteiger partial charge on any atom is -0.508 e. The lowest BCUT2D eigenvalue weighted by Crippen LogP contribution is -2.55. The Morgan fingerprint density at radius 3 is 2.22 bits per heavy atom. The molecule has 1 aromatic rings. The zero-order valence-electron chi connectivity index (χ0n) is 22.9. The summed E-state index contributed by atoms with van der Waals surface area (Å²) in [6.07, 6.45) is -0.0264. The van der Waals surface area contributed by atoms with Crippen LogP contribution in [0.3, 0.4) is 0 Å². The first kappa shape index (κ1) is 29.9. The molecule has 0 bridgehead atoms. The molecule has 1 aromatic carbocycles. The van der Waals surface area contributed by atoms with Gasteiger partial charge in [-0.3, -0.25) is 14.4 Å². The van der Waals surface area contributed by atoms with Gasteiger partial charge in [-0.05, 0) is 63.6 Å². The molecule has 1 saturated carbocycles. The smallest absolute Gasteiger partial charge is 0.408 e. The molecule has 4 unspecified atom stereocenters. The molecular weight excluding hydrogens is 478 g/mol. The Bertz CT molecular complexity index is 956. The Balaban J connectivity index is 2.39. The topological polar surface area (TPSA) is 134 Å². The molecule has 206 valence electrons. The van der Waals surface area contributed by atoms with Gasteiger partial charge >= 0.3 is 12.1 Å². The second kappa shape index (κ2) is 12.8. The molecular formula is C27H41N3O7. The summed E-state index contributed by atoms with van der Waals surface area (Å²) in [5.41, 5.74) is -0.245. The molecule has 1 aliphatic rings. The Morgan fingerprint density at radius 2 is 1.73 bits per heavy atom. The number of alkyl carbamates (subject to hydrolysis) is 1. The average Bonchev–Trinajstić information content (AvgIpc) is 3.50. The van der Waals surface area contributed by atoms with Crippen LogP contribution in [0.5, 0.6) is 5.75 Å². The van der Waals surface area contributed by atoms with Gasteiger partial charge in [0.15, 0.2) is 0 Å². The molecule has 4 atom stereocenters. The van der Waals surface area contributed by atoms with Crippen LogP contribution < -0.4 is 10.6 Å². The van der Waals surface area contributed by atoms with Crippen LogP contribution in [0.4, 0.5) is 4.79 Å². The molecule has 1 fully saturated rings. The van der Waals surface area contributed by atoms with Crippen LogP contribution in [0, 0.1) is 11.8 Å². The number of benzene rings is 1. The van der Waals surface area contributed by atoms with Crippen molar-refractivity contribution in [3.05, 3.63) is 29.8 Å². The number of phenolic OH excluding ortho intramolecular Hbond substituents is 1. The Labute approximate surface area is 219 Å². The number of amides is 3. The Kier molecular flexibility index (Phi) is 10.3. The number of rotatable bonds is 11. The Hall–Kier alpha value is -3.30. The molecule has 3 amide bonds.